The lowest BCUT2D eigenvalue weighted by Crippen LogP contribution is -2.29. The molecule has 0 unspecified atom stereocenters. The molecule has 1 aliphatic heterocycles. The monoisotopic (exact) mass is 328 g/mol. The fourth-order valence-corrected chi connectivity index (χ4v) is 3.20. The molecule has 128 valence electrons. The third-order valence-corrected chi connectivity index (χ3v) is 4.63. The van der Waals surface area contributed by atoms with E-state index in [1.807, 2.05) is 37.3 Å². The van der Waals surface area contributed by atoms with Crippen molar-refractivity contribution in [1.82, 2.24) is 10.1 Å². The molecule has 0 spiro atoms. The molecule has 2 heterocycles. The minimum Gasteiger partial charge on any atom is -0.391 e. The van der Waals surface area contributed by atoms with Gasteiger partial charge in [0, 0.05) is 37.1 Å². The van der Waals surface area contributed by atoms with Crippen molar-refractivity contribution in [3.05, 3.63) is 52.9 Å². The highest BCUT2D eigenvalue weighted by atomic mass is 16.5. The van der Waals surface area contributed by atoms with Gasteiger partial charge in [-0.25, -0.2) is 0 Å². The molecule has 3 rings (SSSR count). The van der Waals surface area contributed by atoms with Crippen molar-refractivity contribution >= 4 is 5.91 Å². The molecule has 1 aliphatic rings. The van der Waals surface area contributed by atoms with E-state index < -0.39 is 6.10 Å². The van der Waals surface area contributed by atoms with Crippen LogP contribution in [0.25, 0.3) is 0 Å². The molecule has 2 aromatic rings. The van der Waals surface area contributed by atoms with Gasteiger partial charge in [-0.3, -0.25) is 4.79 Å². The Labute approximate surface area is 142 Å². The predicted molar refractivity (Wildman–Crippen MR) is 90.9 cm³/mol. The van der Waals surface area contributed by atoms with Gasteiger partial charge in [-0.05, 0) is 30.5 Å². The highest BCUT2D eigenvalue weighted by molar-refractivity contribution is 5.94. The Bertz CT molecular complexity index is 723. The first kappa shape index (κ1) is 16.7. The quantitative estimate of drug-likeness (QED) is 0.937. The number of likely N-dealkylation sites (tertiary alicyclic amines) is 1. The molecule has 0 radical (unpaired) electrons. The molecule has 5 nitrogen and oxygen atoms in total. The number of nitrogens with zero attached hydrogens (tertiary/aromatic N) is 2. The van der Waals surface area contributed by atoms with Gasteiger partial charge < -0.3 is 14.5 Å². The zero-order valence-corrected chi connectivity index (χ0v) is 14.4. The van der Waals surface area contributed by atoms with Gasteiger partial charge in [-0.15, -0.1) is 0 Å². The average Bonchev–Trinajstić information content (AvgIpc) is 3.13. The van der Waals surface area contributed by atoms with Crippen molar-refractivity contribution in [1.29, 1.82) is 0 Å². The smallest absolute Gasteiger partial charge is 0.253 e. The third-order valence-electron chi connectivity index (χ3n) is 4.63. The Morgan fingerprint density at radius 3 is 2.83 bits per heavy atom. The average molecular weight is 328 g/mol. The number of aliphatic hydroxyl groups is 1. The number of benzene rings is 1. The number of hydrogen-bond acceptors (Lipinski definition) is 4. The number of aromatic nitrogens is 1. The van der Waals surface area contributed by atoms with Crippen LogP contribution in [0.3, 0.4) is 0 Å². The van der Waals surface area contributed by atoms with Gasteiger partial charge in [-0.1, -0.05) is 31.1 Å². The van der Waals surface area contributed by atoms with Crippen molar-refractivity contribution in [3.63, 3.8) is 0 Å². The van der Waals surface area contributed by atoms with Gasteiger partial charge in [-0.2, -0.15) is 0 Å². The van der Waals surface area contributed by atoms with Crippen LogP contribution in [0.2, 0.25) is 0 Å². The van der Waals surface area contributed by atoms with Crippen LogP contribution in [-0.2, 0) is 6.42 Å². The minimum absolute atomic E-state index is 0.0189. The zero-order chi connectivity index (χ0) is 17.3. The number of β-amino-alcohol motifs (C(OH)–C–C–N with tert-alkyl or cyclic N) is 1. The van der Waals surface area contributed by atoms with Gasteiger partial charge in [0.15, 0.2) is 0 Å². The van der Waals surface area contributed by atoms with Crippen LogP contribution >= 0.6 is 0 Å². The Balaban J connectivity index is 1.69. The maximum atomic E-state index is 12.7. The van der Waals surface area contributed by atoms with E-state index in [2.05, 4.69) is 19.0 Å². The fraction of sp³-hybridized carbons (Fsp3) is 0.474. The van der Waals surface area contributed by atoms with Crippen molar-refractivity contribution in [2.45, 2.75) is 39.2 Å². The molecule has 1 N–H and O–H groups in total. The van der Waals surface area contributed by atoms with Crippen molar-refractivity contribution in [2.75, 3.05) is 13.1 Å². The molecule has 0 saturated carbocycles. The maximum absolute atomic E-state index is 12.7. The third kappa shape index (κ3) is 3.51. The van der Waals surface area contributed by atoms with Gasteiger partial charge in [0.2, 0.25) is 0 Å². The van der Waals surface area contributed by atoms with E-state index in [4.69, 9.17) is 4.52 Å². The summed E-state index contributed by atoms with van der Waals surface area (Å²) in [5, 5.41) is 14.2. The fourth-order valence-electron chi connectivity index (χ4n) is 3.20. The Kier molecular flexibility index (Phi) is 4.71. The van der Waals surface area contributed by atoms with E-state index in [1.165, 1.54) is 0 Å². The minimum atomic E-state index is -0.535. The summed E-state index contributed by atoms with van der Waals surface area (Å²) in [6.45, 7) is 6.99. The number of amides is 1. The van der Waals surface area contributed by atoms with Crippen LogP contribution in [-0.4, -0.2) is 40.3 Å². The molecule has 1 aromatic carbocycles. The highest BCUT2D eigenvalue weighted by Gasteiger charge is 2.35. The molecule has 0 aliphatic carbocycles. The molecule has 24 heavy (non-hydrogen) atoms. The molecule has 1 fully saturated rings. The first-order valence-electron chi connectivity index (χ1n) is 8.43. The zero-order valence-electron chi connectivity index (χ0n) is 14.4. The van der Waals surface area contributed by atoms with Crippen molar-refractivity contribution in [2.24, 2.45) is 5.92 Å². The van der Waals surface area contributed by atoms with Gasteiger partial charge in [0.1, 0.15) is 5.76 Å². The van der Waals surface area contributed by atoms with Crippen LogP contribution in [0.1, 0.15) is 47.1 Å². The first-order chi connectivity index (χ1) is 11.4. The maximum Gasteiger partial charge on any atom is 0.253 e. The van der Waals surface area contributed by atoms with E-state index in [1.54, 1.807) is 4.90 Å². The first-order valence-corrected chi connectivity index (χ1v) is 8.43. The largest absolute Gasteiger partial charge is 0.391 e. The SMILES string of the molecule is Cc1cc(C[C@@H]2CN(C(=O)c3cccc(C(C)C)c3)C[C@@H]2O)on1. The van der Waals surface area contributed by atoms with Crippen molar-refractivity contribution < 1.29 is 14.4 Å². The van der Waals surface area contributed by atoms with Crippen LogP contribution in [0.4, 0.5) is 0 Å². The second kappa shape index (κ2) is 6.77. The predicted octanol–water partition coefficient (Wildman–Crippen LogP) is 2.78. The Morgan fingerprint density at radius 1 is 1.38 bits per heavy atom. The molecule has 2 atom stereocenters. The highest BCUT2D eigenvalue weighted by Crippen LogP contribution is 2.24. The molecule has 5 heteroatoms. The Morgan fingerprint density at radius 2 is 2.17 bits per heavy atom. The lowest BCUT2D eigenvalue weighted by atomic mass is 10.00. The summed E-state index contributed by atoms with van der Waals surface area (Å²) >= 11 is 0. The molecular weight excluding hydrogens is 304 g/mol. The lowest BCUT2D eigenvalue weighted by molar-refractivity contribution is 0.0764. The summed E-state index contributed by atoms with van der Waals surface area (Å²) in [4.78, 5) is 14.5. The van der Waals surface area contributed by atoms with E-state index in [0.29, 0.717) is 31.0 Å². The number of aliphatic hydroxyl groups excluding tert-OH is 1. The summed E-state index contributed by atoms with van der Waals surface area (Å²) in [6.07, 6.45) is 0.0605. The number of carbonyl (C=O) groups is 1. The van der Waals surface area contributed by atoms with Gasteiger partial charge in [0.05, 0.1) is 11.8 Å². The summed E-state index contributed by atoms with van der Waals surface area (Å²) < 4.78 is 5.23. The van der Waals surface area contributed by atoms with Gasteiger partial charge >= 0.3 is 0 Å². The number of aryl methyl sites for hydroxylation is 1. The summed E-state index contributed by atoms with van der Waals surface area (Å²) in [5.41, 5.74) is 2.66. The topological polar surface area (TPSA) is 66.6 Å². The van der Waals surface area contributed by atoms with Crippen LogP contribution < -0.4 is 0 Å². The molecule has 0 bridgehead atoms. The van der Waals surface area contributed by atoms with Gasteiger partial charge in [0.25, 0.3) is 5.91 Å². The van der Waals surface area contributed by atoms with Crippen LogP contribution in [0.5, 0.6) is 0 Å². The summed E-state index contributed by atoms with van der Waals surface area (Å²) in [6, 6.07) is 9.63. The standard InChI is InChI=1S/C19H24N2O3/c1-12(2)14-5-4-6-15(8-14)19(23)21-10-16(18(22)11-21)9-17-7-13(3)20-24-17/h4-8,12,16,18,22H,9-11H2,1-3H3/t16-,18+/m1/s1. The number of carbonyl (C=O) groups excluding carboxylic acids is 1. The van der Waals surface area contributed by atoms with Crippen LogP contribution in [0, 0.1) is 12.8 Å². The van der Waals surface area contributed by atoms with Crippen LogP contribution in [0.15, 0.2) is 34.9 Å². The second-order valence-electron chi connectivity index (χ2n) is 6.96. The molecule has 1 aromatic heterocycles. The van der Waals surface area contributed by atoms with Crippen molar-refractivity contribution in [3.8, 4) is 0 Å². The van der Waals surface area contributed by atoms with E-state index in [0.717, 1.165) is 17.0 Å². The summed E-state index contributed by atoms with van der Waals surface area (Å²) in [7, 11) is 0. The normalized spacial score (nSPS) is 20.8. The molecule has 1 saturated heterocycles. The van der Waals surface area contributed by atoms with E-state index in [9.17, 15) is 9.90 Å². The number of rotatable bonds is 4. The summed E-state index contributed by atoms with van der Waals surface area (Å²) in [5.74, 6) is 1.10. The lowest BCUT2D eigenvalue weighted by Gasteiger charge is -2.17. The molecular formula is C19H24N2O3. The van der Waals surface area contributed by atoms with E-state index >= 15 is 0 Å². The second-order valence-corrected chi connectivity index (χ2v) is 6.96. The molecule has 1 amide bonds. The Hall–Kier alpha value is -2.14. The van der Waals surface area contributed by atoms with E-state index in [-0.39, 0.29) is 11.8 Å². The number of hydrogen-bond donors (Lipinski definition) is 1.